The number of fused-ring (bicyclic) bond motifs is 1. The van der Waals surface area contributed by atoms with Crippen molar-refractivity contribution >= 4 is 6.41 Å². The zero-order valence-electron chi connectivity index (χ0n) is 17.7. The van der Waals surface area contributed by atoms with Crippen molar-refractivity contribution < 1.29 is 20.0 Å². The van der Waals surface area contributed by atoms with Gasteiger partial charge >= 0.3 is 0 Å². The maximum absolute atomic E-state index is 12.0. The Balaban J connectivity index is 1.94. The highest BCUT2D eigenvalue weighted by Crippen LogP contribution is 2.56. The van der Waals surface area contributed by atoms with Crippen LogP contribution in [0.4, 0.5) is 0 Å². The Hall–Kier alpha value is -0.910. The number of nitrogens with two attached hydrogens (primary N) is 1. The Morgan fingerprint density at radius 2 is 2.00 bits per heavy atom. The van der Waals surface area contributed by atoms with Gasteiger partial charge in [-0.05, 0) is 73.1 Å². The van der Waals surface area contributed by atoms with Crippen LogP contribution in [-0.2, 0) is 9.53 Å². The number of quaternary nitrogens is 1. The van der Waals surface area contributed by atoms with Gasteiger partial charge in [0, 0.05) is 17.4 Å². The van der Waals surface area contributed by atoms with Crippen molar-refractivity contribution in [2.75, 3.05) is 0 Å². The molecular formula is C22H38N2O3. The highest BCUT2D eigenvalue weighted by atomic mass is 16.5. The molecule has 27 heavy (non-hydrogen) atoms. The molecule has 3 aliphatic rings. The molecule has 0 bridgehead atoms. The van der Waals surface area contributed by atoms with Crippen molar-refractivity contribution in [3.8, 4) is 0 Å². The molecule has 5 heteroatoms. The lowest BCUT2D eigenvalue weighted by molar-refractivity contribution is -0.678. The summed E-state index contributed by atoms with van der Waals surface area (Å²) in [5.41, 5.74) is -0.542. The van der Waals surface area contributed by atoms with Gasteiger partial charge in [0.15, 0.2) is 0 Å². The summed E-state index contributed by atoms with van der Waals surface area (Å²) in [5.74, 6) is 0.0296. The first kappa shape index (κ1) is 20.8. The maximum Gasteiger partial charge on any atom is 0.207 e. The number of hydrogen-bond acceptors (Lipinski definition) is 3. The van der Waals surface area contributed by atoms with Crippen LogP contribution >= 0.6 is 0 Å². The lowest BCUT2D eigenvalue weighted by Crippen LogP contribution is -2.92. The minimum absolute atomic E-state index is 0.00420. The van der Waals surface area contributed by atoms with Crippen molar-refractivity contribution in [2.45, 2.75) is 102 Å². The summed E-state index contributed by atoms with van der Waals surface area (Å²) < 4.78 is 6.67. The van der Waals surface area contributed by atoms with E-state index in [1.54, 1.807) is 0 Å². The Kier molecular flexibility index (Phi) is 5.28. The Labute approximate surface area is 164 Å². The van der Waals surface area contributed by atoms with Crippen LogP contribution < -0.4 is 10.6 Å². The average molecular weight is 379 g/mol. The second-order valence-corrected chi connectivity index (χ2v) is 10.2. The molecule has 1 saturated heterocycles. The molecule has 0 spiro atoms. The number of aliphatic hydroxyl groups is 1. The number of rotatable bonds is 5. The third kappa shape index (κ3) is 3.36. The molecule has 1 heterocycles. The molecule has 0 unspecified atom stereocenters. The van der Waals surface area contributed by atoms with Crippen LogP contribution in [0.15, 0.2) is 11.6 Å². The predicted molar refractivity (Wildman–Crippen MR) is 106 cm³/mol. The fourth-order valence-electron chi connectivity index (χ4n) is 6.07. The first-order valence-corrected chi connectivity index (χ1v) is 10.4. The summed E-state index contributed by atoms with van der Waals surface area (Å²) in [4.78, 5) is 11.3. The maximum atomic E-state index is 12.0. The van der Waals surface area contributed by atoms with Gasteiger partial charge in [-0.3, -0.25) is 4.79 Å². The van der Waals surface area contributed by atoms with E-state index in [0.29, 0.717) is 0 Å². The SMILES string of the molecule is [CH2-][NH2+]C(C)(C)[C@@H]1CC[C@](C)([C@H]2CC[C@](C)(NC=O)[C@@H]3CCC(C)=C[C@@]32O)O1. The fourth-order valence-corrected chi connectivity index (χ4v) is 6.07. The van der Waals surface area contributed by atoms with Crippen molar-refractivity contribution in [3.63, 3.8) is 0 Å². The van der Waals surface area contributed by atoms with E-state index in [1.165, 1.54) is 5.57 Å². The molecular weight excluding hydrogens is 340 g/mol. The molecule has 0 aromatic rings. The van der Waals surface area contributed by atoms with E-state index < -0.39 is 5.60 Å². The van der Waals surface area contributed by atoms with Crippen LogP contribution in [0.5, 0.6) is 0 Å². The van der Waals surface area contributed by atoms with Crippen molar-refractivity contribution in [3.05, 3.63) is 18.7 Å². The first-order chi connectivity index (χ1) is 12.5. The van der Waals surface area contributed by atoms with Crippen LogP contribution in [0.1, 0.15) is 73.1 Å². The summed E-state index contributed by atoms with van der Waals surface area (Å²) in [6.45, 7) is 10.7. The van der Waals surface area contributed by atoms with E-state index >= 15 is 0 Å². The van der Waals surface area contributed by atoms with Crippen molar-refractivity contribution in [1.29, 1.82) is 0 Å². The number of ether oxygens (including phenoxy) is 1. The van der Waals surface area contributed by atoms with Gasteiger partial charge in [-0.1, -0.05) is 11.6 Å². The zero-order chi connectivity index (χ0) is 20.1. The second-order valence-electron chi connectivity index (χ2n) is 10.2. The summed E-state index contributed by atoms with van der Waals surface area (Å²) in [5, 5.41) is 17.0. The van der Waals surface area contributed by atoms with E-state index in [1.807, 2.05) is 5.32 Å². The lowest BCUT2D eigenvalue weighted by atomic mass is 9.53. The van der Waals surface area contributed by atoms with Crippen molar-refractivity contribution in [2.24, 2.45) is 11.8 Å². The summed E-state index contributed by atoms with van der Waals surface area (Å²) >= 11 is 0. The van der Waals surface area contributed by atoms with Crippen LogP contribution in [0.3, 0.4) is 0 Å². The highest BCUT2D eigenvalue weighted by Gasteiger charge is 2.62. The monoisotopic (exact) mass is 378 g/mol. The predicted octanol–water partition coefficient (Wildman–Crippen LogP) is 2.06. The summed E-state index contributed by atoms with van der Waals surface area (Å²) in [6.07, 6.45) is 8.50. The van der Waals surface area contributed by atoms with Gasteiger partial charge in [-0.25, -0.2) is 0 Å². The van der Waals surface area contributed by atoms with Gasteiger partial charge in [0.2, 0.25) is 6.41 Å². The van der Waals surface area contributed by atoms with Gasteiger partial charge in [0.25, 0.3) is 0 Å². The normalized spacial score (nSPS) is 45.1. The van der Waals surface area contributed by atoms with Crippen LogP contribution in [0, 0.1) is 18.9 Å². The second kappa shape index (κ2) is 6.85. The minimum Gasteiger partial charge on any atom is -0.472 e. The van der Waals surface area contributed by atoms with Gasteiger partial charge in [-0.15, -0.1) is 0 Å². The standard InChI is InChI=1S/C22H38N2O3/c1-15-7-8-16-20(4,24-14-25)11-9-17(22(16,26)13-15)21(5)12-10-18(27-21)19(2,3)23-6/h13-14,16-18,26H,6-12,23H2,1-5H3,(H,24,25)/t16-,17+,18-,20-,21+,22+/m0/s1. The topological polar surface area (TPSA) is 75.2 Å². The van der Waals surface area contributed by atoms with Gasteiger partial charge in [-0.2, -0.15) is 7.05 Å². The molecule has 1 amide bonds. The van der Waals surface area contributed by atoms with Crippen molar-refractivity contribution in [1.82, 2.24) is 5.32 Å². The summed E-state index contributed by atoms with van der Waals surface area (Å²) in [7, 11) is 3.99. The molecule has 1 saturated carbocycles. The average Bonchev–Trinajstić information content (AvgIpc) is 2.98. The molecule has 2 aliphatic carbocycles. The number of carbonyl (C=O) groups is 1. The molecule has 0 aromatic heterocycles. The van der Waals surface area contributed by atoms with E-state index in [4.69, 9.17) is 4.74 Å². The Bertz CT molecular complexity index is 619. The van der Waals surface area contributed by atoms with Crippen LogP contribution in [0.2, 0.25) is 0 Å². The fraction of sp³-hybridized carbons (Fsp3) is 0.818. The van der Waals surface area contributed by atoms with Gasteiger partial charge in [0.1, 0.15) is 6.10 Å². The van der Waals surface area contributed by atoms with E-state index in [9.17, 15) is 9.90 Å². The largest absolute Gasteiger partial charge is 0.472 e. The quantitative estimate of drug-likeness (QED) is 0.389. The van der Waals surface area contributed by atoms with E-state index in [0.717, 1.165) is 44.9 Å². The number of carbonyl (C=O) groups excluding carboxylic acids is 1. The summed E-state index contributed by atoms with van der Waals surface area (Å²) in [6, 6.07) is 0. The minimum atomic E-state index is -0.951. The molecule has 5 nitrogen and oxygen atoms in total. The van der Waals surface area contributed by atoms with Crippen LogP contribution in [-0.4, -0.2) is 39.9 Å². The van der Waals surface area contributed by atoms with E-state index in [-0.39, 0.29) is 34.6 Å². The molecule has 154 valence electrons. The van der Waals surface area contributed by atoms with Gasteiger partial charge in [0.05, 0.1) is 16.7 Å². The smallest absolute Gasteiger partial charge is 0.207 e. The highest BCUT2D eigenvalue weighted by molar-refractivity contribution is 5.48. The molecule has 2 fully saturated rings. The van der Waals surface area contributed by atoms with E-state index in [2.05, 4.69) is 53.1 Å². The third-order valence-electron chi connectivity index (χ3n) is 7.94. The van der Waals surface area contributed by atoms with Crippen LogP contribution in [0.25, 0.3) is 0 Å². The zero-order valence-corrected chi connectivity index (χ0v) is 17.7. The Morgan fingerprint density at radius 1 is 1.30 bits per heavy atom. The van der Waals surface area contributed by atoms with Gasteiger partial charge < -0.3 is 20.5 Å². The number of amides is 1. The number of nitrogens with one attached hydrogen (secondary N) is 1. The number of allylic oxidation sites excluding steroid dienone is 1. The third-order valence-corrected chi connectivity index (χ3v) is 7.94. The molecule has 3 rings (SSSR count). The molecule has 0 aromatic carbocycles. The molecule has 4 N–H and O–H groups in total. The first-order valence-electron chi connectivity index (χ1n) is 10.4. The molecule has 1 aliphatic heterocycles. The molecule has 6 atom stereocenters. The lowest BCUT2D eigenvalue weighted by Gasteiger charge is -2.58. The number of hydrogen-bond donors (Lipinski definition) is 3. The Morgan fingerprint density at radius 3 is 2.63 bits per heavy atom. The molecule has 0 radical (unpaired) electrons.